The maximum Gasteiger partial charge on any atom is 0.349 e. The highest BCUT2D eigenvalue weighted by molar-refractivity contribution is 6.00. The number of H-pyrrole nitrogens is 2. The molecule has 0 spiro atoms. The van der Waals surface area contributed by atoms with E-state index < -0.39 is 11.2 Å². The summed E-state index contributed by atoms with van der Waals surface area (Å²) in [6, 6.07) is 14.7. The van der Waals surface area contributed by atoms with Crippen LogP contribution < -0.4 is 11.2 Å². The minimum atomic E-state index is -0.563. The van der Waals surface area contributed by atoms with Gasteiger partial charge in [-0.1, -0.05) is 30.3 Å². The molecule has 6 nitrogen and oxygen atoms in total. The van der Waals surface area contributed by atoms with Crippen molar-refractivity contribution in [2.24, 2.45) is 5.10 Å². The van der Waals surface area contributed by atoms with E-state index in [1.807, 2.05) is 31.2 Å². The van der Waals surface area contributed by atoms with E-state index in [1.54, 1.807) is 30.5 Å². The summed E-state index contributed by atoms with van der Waals surface area (Å²) in [5.74, 6) is 0. The Kier molecular flexibility index (Phi) is 3.16. The monoisotopic (exact) mass is 318 g/mol. The van der Waals surface area contributed by atoms with E-state index in [0.717, 1.165) is 26.8 Å². The number of aryl methyl sites for hydroxylation is 1. The standard InChI is InChI=1S/C18H14N4O2/c1-11-14(12-6-2-4-8-15(12)20-11)10-19-22-17(23)13-7-3-5-9-16(13)21-18(22)24/h2-10,20H,1H3,(H,21,24)/b19-10+. The van der Waals surface area contributed by atoms with Crippen LogP contribution in [0.2, 0.25) is 0 Å². The molecule has 0 radical (unpaired) electrons. The molecule has 0 saturated carbocycles. The van der Waals surface area contributed by atoms with E-state index >= 15 is 0 Å². The lowest BCUT2D eigenvalue weighted by atomic mass is 10.1. The maximum atomic E-state index is 12.5. The molecule has 0 amide bonds. The van der Waals surface area contributed by atoms with Crippen molar-refractivity contribution in [1.82, 2.24) is 14.6 Å². The highest BCUT2D eigenvalue weighted by atomic mass is 16.2. The molecular weight excluding hydrogens is 304 g/mol. The summed E-state index contributed by atoms with van der Waals surface area (Å²) in [7, 11) is 0. The van der Waals surface area contributed by atoms with Crippen LogP contribution in [0.1, 0.15) is 11.3 Å². The molecule has 0 aliphatic heterocycles. The minimum Gasteiger partial charge on any atom is -0.358 e. The normalized spacial score (nSPS) is 11.7. The third-order valence-electron chi connectivity index (χ3n) is 4.03. The van der Waals surface area contributed by atoms with Gasteiger partial charge >= 0.3 is 5.69 Å². The van der Waals surface area contributed by atoms with Gasteiger partial charge in [0.15, 0.2) is 0 Å². The Morgan fingerprint density at radius 3 is 2.29 bits per heavy atom. The second-order valence-corrected chi connectivity index (χ2v) is 5.55. The fourth-order valence-corrected chi connectivity index (χ4v) is 2.84. The molecule has 6 heteroatoms. The first kappa shape index (κ1) is 14.2. The summed E-state index contributed by atoms with van der Waals surface area (Å²) >= 11 is 0. The van der Waals surface area contributed by atoms with Crippen LogP contribution in [0.5, 0.6) is 0 Å². The highest BCUT2D eigenvalue weighted by Crippen LogP contribution is 2.19. The van der Waals surface area contributed by atoms with Gasteiger partial charge in [0.2, 0.25) is 0 Å². The van der Waals surface area contributed by atoms with Gasteiger partial charge < -0.3 is 9.97 Å². The second-order valence-electron chi connectivity index (χ2n) is 5.55. The first-order chi connectivity index (χ1) is 11.6. The fraction of sp³-hybridized carbons (Fsp3) is 0.0556. The lowest BCUT2D eigenvalue weighted by Crippen LogP contribution is -2.32. The number of hydrogen-bond acceptors (Lipinski definition) is 3. The first-order valence-corrected chi connectivity index (χ1v) is 7.51. The van der Waals surface area contributed by atoms with Gasteiger partial charge in [-0.25, -0.2) is 4.79 Å². The number of nitrogens with one attached hydrogen (secondary N) is 2. The van der Waals surface area contributed by atoms with Crippen LogP contribution >= 0.6 is 0 Å². The van der Waals surface area contributed by atoms with Gasteiger partial charge in [0, 0.05) is 22.2 Å². The van der Waals surface area contributed by atoms with E-state index in [2.05, 4.69) is 15.1 Å². The number of nitrogens with zero attached hydrogens (tertiary/aromatic N) is 2. The van der Waals surface area contributed by atoms with Gasteiger partial charge in [-0.05, 0) is 25.1 Å². The average molecular weight is 318 g/mol. The minimum absolute atomic E-state index is 0.421. The van der Waals surface area contributed by atoms with Crippen molar-refractivity contribution in [3.05, 3.63) is 80.6 Å². The molecule has 2 heterocycles. The molecule has 118 valence electrons. The van der Waals surface area contributed by atoms with E-state index in [-0.39, 0.29) is 0 Å². The topological polar surface area (TPSA) is 83.0 Å². The van der Waals surface area contributed by atoms with Gasteiger partial charge in [0.25, 0.3) is 5.56 Å². The Balaban J connectivity index is 1.90. The number of hydrogen-bond donors (Lipinski definition) is 2. The number of aromatic amines is 2. The molecule has 2 N–H and O–H groups in total. The van der Waals surface area contributed by atoms with Crippen LogP contribution in [0, 0.1) is 6.92 Å². The van der Waals surface area contributed by atoms with Gasteiger partial charge in [0.05, 0.1) is 17.1 Å². The van der Waals surface area contributed by atoms with Crippen molar-refractivity contribution < 1.29 is 0 Å². The van der Waals surface area contributed by atoms with Crippen molar-refractivity contribution in [1.29, 1.82) is 0 Å². The van der Waals surface area contributed by atoms with Crippen molar-refractivity contribution in [3.63, 3.8) is 0 Å². The van der Waals surface area contributed by atoms with Crippen molar-refractivity contribution in [2.75, 3.05) is 0 Å². The third-order valence-corrected chi connectivity index (χ3v) is 4.03. The van der Waals surface area contributed by atoms with Crippen LogP contribution in [0.25, 0.3) is 21.8 Å². The molecule has 24 heavy (non-hydrogen) atoms. The molecule has 2 aromatic carbocycles. The van der Waals surface area contributed by atoms with E-state index in [9.17, 15) is 9.59 Å². The average Bonchev–Trinajstić information content (AvgIpc) is 2.90. The van der Waals surface area contributed by atoms with Crippen molar-refractivity contribution in [3.8, 4) is 0 Å². The van der Waals surface area contributed by atoms with Crippen molar-refractivity contribution >= 4 is 28.0 Å². The summed E-state index contributed by atoms with van der Waals surface area (Å²) in [6.07, 6.45) is 1.54. The van der Waals surface area contributed by atoms with Crippen LogP contribution in [0.3, 0.4) is 0 Å². The highest BCUT2D eigenvalue weighted by Gasteiger charge is 2.08. The largest absolute Gasteiger partial charge is 0.358 e. The van der Waals surface area contributed by atoms with Gasteiger partial charge in [0.1, 0.15) is 0 Å². The molecule has 0 atom stereocenters. The number of aromatic nitrogens is 3. The Labute approximate surface area is 136 Å². The molecule has 0 aliphatic carbocycles. The van der Waals surface area contributed by atoms with Crippen molar-refractivity contribution in [2.45, 2.75) is 6.92 Å². The van der Waals surface area contributed by atoms with E-state index in [1.165, 1.54) is 0 Å². The summed E-state index contributed by atoms with van der Waals surface area (Å²) in [4.78, 5) is 30.6. The number of benzene rings is 2. The second kappa shape index (κ2) is 5.34. The zero-order valence-corrected chi connectivity index (χ0v) is 12.9. The van der Waals surface area contributed by atoms with Crippen LogP contribution in [0.4, 0.5) is 0 Å². The van der Waals surface area contributed by atoms with E-state index in [0.29, 0.717) is 10.9 Å². The Morgan fingerprint density at radius 1 is 0.917 bits per heavy atom. The number of rotatable bonds is 2. The summed E-state index contributed by atoms with van der Waals surface area (Å²) in [5.41, 5.74) is 2.25. The summed E-state index contributed by atoms with van der Waals surface area (Å²) in [6.45, 7) is 1.93. The van der Waals surface area contributed by atoms with E-state index in [4.69, 9.17) is 0 Å². The molecule has 0 aliphatic rings. The predicted octanol–water partition coefficient (Wildman–Crippen LogP) is 2.36. The predicted molar refractivity (Wildman–Crippen MR) is 94.9 cm³/mol. The lowest BCUT2D eigenvalue weighted by molar-refractivity contribution is 0.771. The molecule has 0 bridgehead atoms. The van der Waals surface area contributed by atoms with Gasteiger partial charge in [-0.3, -0.25) is 4.79 Å². The van der Waals surface area contributed by atoms with Gasteiger partial charge in [-0.2, -0.15) is 5.10 Å². The molecule has 4 aromatic rings. The third kappa shape index (κ3) is 2.16. The number of para-hydroxylation sites is 2. The molecule has 4 rings (SSSR count). The van der Waals surface area contributed by atoms with Crippen LogP contribution in [-0.2, 0) is 0 Å². The molecule has 0 unspecified atom stereocenters. The Bertz CT molecular complexity index is 1210. The van der Waals surface area contributed by atoms with Crippen LogP contribution in [0.15, 0.2) is 63.2 Å². The smallest absolute Gasteiger partial charge is 0.349 e. The quantitative estimate of drug-likeness (QED) is 0.556. The van der Waals surface area contributed by atoms with Crippen LogP contribution in [-0.4, -0.2) is 20.9 Å². The first-order valence-electron chi connectivity index (χ1n) is 7.51. The fourth-order valence-electron chi connectivity index (χ4n) is 2.84. The lowest BCUT2D eigenvalue weighted by Gasteiger charge is -2.00. The molecule has 0 fully saturated rings. The summed E-state index contributed by atoms with van der Waals surface area (Å²) in [5, 5.41) is 5.54. The molecule has 0 saturated heterocycles. The molecular formula is C18H14N4O2. The Morgan fingerprint density at radius 2 is 1.54 bits per heavy atom. The van der Waals surface area contributed by atoms with Gasteiger partial charge in [-0.15, -0.1) is 4.68 Å². The number of fused-ring (bicyclic) bond motifs is 2. The Hall–Kier alpha value is -3.41. The maximum absolute atomic E-state index is 12.5. The summed E-state index contributed by atoms with van der Waals surface area (Å²) < 4.78 is 0.851. The zero-order chi connectivity index (χ0) is 16.7. The zero-order valence-electron chi connectivity index (χ0n) is 12.9. The SMILES string of the molecule is Cc1[nH]c2ccccc2c1/C=N/n1c(=O)[nH]c2ccccc2c1=O. The molecule has 2 aromatic heterocycles.